The SMILES string of the molecule is COc1ccc(C)cc1NC(=O)N1CCN(c2cnccn2)CC1. The minimum Gasteiger partial charge on any atom is -0.495 e. The first-order chi connectivity index (χ1) is 11.7. The highest BCUT2D eigenvalue weighted by atomic mass is 16.5. The van der Waals surface area contributed by atoms with Crippen LogP contribution in [0.25, 0.3) is 0 Å². The number of nitrogens with zero attached hydrogens (tertiary/aromatic N) is 4. The van der Waals surface area contributed by atoms with Gasteiger partial charge in [0.15, 0.2) is 0 Å². The summed E-state index contributed by atoms with van der Waals surface area (Å²) in [5, 5.41) is 2.94. The van der Waals surface area contributed by atoms with Crippen LogP contribution in [0.5, 0.6) is 5.75 Å². The lowest BCUT2D eigenvalue weighted by atomic mass is 10.2. The van der Waals surface area contributed by atoms with Gasteiger partial charge in [-0.3, -0.25) is 4.98 Å². The van der Waals surface area contributed by atoms with E-state index in [2.05, 4.69) is 20.2 Å². The molecule has 0 bridgehead atoms. The fourth-order valence-electron chi connectivity index (χ4n) is 2.71. The fourth-order valence-corrected chi connectivity index (χ4v) is 2.71. The minimum absolute atomic E-state index is 0.113. The van der Waals surface area contributed by atoms with Crippen molar-refractivity contribution in [1.29, 1.82) is 0 Å². The van der Waals surface area contributed by atoms with E-state index in [1.165, 1.54) is 0 Å². The van der Waals surface area contributed by atoms with Crippen molar-refractivity contribution in [3.8, 4) is 5.75 Å². The van der Waals surface area contributed by atoms with E-state index >= 15 is 0 Å². The van der Waals surface area contributed by atoms with Crippen molar-refractivity contribution in [1.82, 2.24) is 14.9 Å². The number of piperazine rings is 1. The van der Waals surface area contributed by atoms with Gasteiger partial charge in [-0.2, -0.15) is 0 Å². The molecule has 2 aromatic rings. The van der Waals surface area contributed by atoms with Crippen molar-refractivity contribution < 1.29 is 9.53 Å². The molecule has 2 amide bonds. The molecule has 1 aliphatic rings. The molecular weight excluding hydrogens is 306 g/mol. The number of hydrogen-bond donors (Lipinski definition) is 1. The first-order valence-electron chi connectivity index (χ1n) is 7.89. The monoisotopic (exact) mass is 327 g/mol. The first-order valence-corrected chi connectivity index (χ1v) is 7.89. The summed E-state index contributed by atoms with van der Waals surface area (Å²) in [4.78, 5) is 24.8. The second-order valence-corrected chi connectivity index (χ2v) is 5.67. The van der Waals surface area contributed by atoms with Crippen LogP contribution in [0.15, 0.2) is 36.8 Å². The molecule has 0 spiro atoms. The molecule has 0 radical (unpaired) electrons. The van der Waals surface area contributed by atoms with E-state index in [0.717, 1.165) is 24.5 Å². The van der Waals surface area contributed by atoms with Gasteiger partial charge < -0.3 is 19.9 Å². The molecular formula is C17H21N5O2. The van der Waals surface area contributed by atoms with Crippen molar-refractivity contribution in [3.63, 3.8) is 0 Å². The zero-order valence-corrected chi connectivity index (χ0v) is 13.9. The first kappa shape index (κ1) is 16.0. The number of benzene rings is 1. The summed E-state index contributed by atoms with van der Waals surface area (Å²) in [7, 11) is 1.60. The Bertz CT molecular complexity index is 699. The van der Waals surface area contributed by atoms with Crippen molar-refractivity contribution in [2.75, 3.05) is 43.5 Å². The number of aryl methyl sites for hydroxylation is 1. The van der Waals surface area contributed by atoms with E-state index in [9.17, 15) is 4.79 Å². The summed E-state index contributed by atoms with van der Waals surface area (Å²) in [5.41, 5.74) is 1.76. The number of rotatable bonds is 3. The molecule has 0 aliphatic carbocycles. The zero-order valence-electron chi connectivity index (χ0n) is 13.9. The molecule has 1 N–H and O–H groups in total. The molecule has 7 nitrogen and oxygen atoms in total. The van der Waals surface area contributed by atoms with Crippen molar-refractivity contribution in [2.24, 2.45) is 0 Å². The number of nitrogens with one attached hydrogen (secondary N) is 1. The molecule has 1 aromatic heterocycles. The number of amides is 2. The van der Waals surface area contributed by atoms with Gasteiger partial charge in [-0.05, 0) is 24.6 Å². The van der Waals surface area contributed by atoms with Crippen molar-refractivity contribution in [2.45, 2.75) is 6.92 Å². The van der Waals surface area contributed by atoms with Gasteiger partial charge in [-0.1, -0.05) is 6.07 Å². The Labute approximate surface area is 141 Å². The predicted molar refractivity (Wildman–Crippen MR) is 92.6 cm³/mol. The summed E-state index contributed by atoms with van der Waals surface area (Å²) >= 11 is 0. The molecule has 126 valence electrons. The van der Waals surface area contributed by atoms with Crippen LogP contribution < -0.4 is 15.0 Å². The maximum Gasteiger partial charge on any atom is 0.322 e. The Morgan fingerprint density at radius 1 is 1.21 bits per heavy atom. The van der Waals surface area contributed by atoms with Gasteiger partial charge in [-0.25, -0.2) is 9.78 Å². The van der Waals surface area contributed by atoms with Crippen LogP contribution in [0, 0.1) is 6.92 Å². The van der Waals surface area contributed by atoms with Crippen LogP contribution in [0.3, 0.4) is 0 Å². The summed E-state index contributed by atoms with van der Waals surface area (Å²) in [6.07, 6.45) is 5.08. The zero-order chi connectivity index (χ0) is 16.9. The summed E-state index contributed by atoms with van der Waals surface area (Å²) in [5.74, 6) is 1.50. The second kappa shape index (κ2) is 7.16. The maximum atomic E-state index is 12.5. The lowest BCUT2D eigenvalue weighted by Crippen LogP contribution is -2.50. The number of aromatic nitrogens is 2. The molecule has 1 aromatic carbocycles. The Morgan fingerprint density at radius 3 is 2.67 bits per heavy atom. The van der Waals surface area contributed by atoms with Gasteiger partial charge in [0.05, 0.1) is 19.0 Å². The predicted octanol–water partition coefficient (Wildman–Crippen LogP) is 2.15. The average molecular weight is 327 g/mol. The number of urea groups is 1. The number of anilines is 2. The van der Waals surface area contributed by atoms with E-state index in [4.69, 9.17) is 4.74 Å². The van der Waals surface area contributed by atoms with E-state index in [-0.39, 0.29) is 6.03 Å². The summed E-state index contributed by atoms with van der Waals surface area (Å²) < 4.78 is 5.31. The number of hydrogen-bond acceptors (Lipinski definition) is 5. The second-order valence-electron chi connectivity index (χ2n) is 5.67. The third-order valence-electron chi connectivity index (χ3n) is 4.04. The number of carbonyl (C=O) groups excluding carboxylic acids is 1. The van der Waals surface area contributed by atoms with Gasteiger partial charge in [0.1, 0.15) is 11.6 Å². The molecule has 7 heteroatoms. The van der Waals surface area contributed by atoms with Crippen LogP contribution in [0.1, 0.15) is 5.56 Å². The topological polar surface area (TPSA) is 70.6 Å². The van der Waals surface area contributed by atoms with Crippen LogP contribution in [0.2, 0.25) is 0 Å². The minimum atomic E-state index is -0.113. The van der Waals surface area contributed by atoms with Gasteiger partial charge in [0, 0.05) is 38.6 Å². The third-order valence-corrected chi connectivity index (χ3v) is 4.04. The highest BCUT2D eigenvalue weighted by molar-refractivity contribution is 5.91. The molecule has 1 aliphatic heterocycles. The molecule has 1 fully saturated rings. The third kappa shape index (κ3) is 3.56. The van der Waals surface area contributed by atoms with Gasteiger partial charge in [-0.15, -0.1) is 0 Å². The van der Waals surface area contributed by atoms with Gasteiger partial charge in [0.2, 0.25) is 0 Å². The van der Waals surface area contributed by atoms with Crippen LogP contribution in [-0.2, 0) is 0 Å². The highest BCUT2D eigenvalue weighted by Crippen LogP contribution is 2.25. The highest BCUT2D eigenvalue weighted by Gasteiger charge is 2.22. The van der Waals surface area contributed by atoms with Crippen LogP contribution in [-0.4, -0.2) is 54.2 Å². The fraction of sp³-hybridized carbons (Fsp3) is 0.353. The largest absolute Gasteiger partial charge is 0.495 e. The molecule has 1 saturated heterocycles. The van der Waals surface area contributed by atoms with E-state index < -0.39 is 0 Å². The van der Waals surface area contributed by atoms with E-state index in [1.54, 1.807) is 30.6 Å². The summed E-state index contributed by atoms with van der Waals surface area (Å²) in [6.45, 7) is 4.72. The van der Waals surface area contributed by atoms with Crippen LogP contribution in [0.4, 0.5) is 16.3 Å². The molecule has 24 heavy (non-hydrogen) atoms. The molecule has 0 saturated carbocycles. The average Bonchev–Trinajstić information content (AvgIpc) is 2.63. The Kier molecular flexibility index (Phi) is 4.79. The molecule has 3 rings (SSSR count). The number of carbonyl (C=O) groups is 1. The Morgan fingerprint density at radius 2 is 2.00 bits per heavy atom. The standard InChI is InChI=1S/C17H21N5O2/c1-13-3-4-15(24-2)14(11-13)20-17(23)22-9-7-21(8-10-22)16-12-18-5-6-19-16/h3-6,11-12H,7-10H2,1-2H3,(H,20,23). The maximum absolute atomic E-state index is 12.5. The van der Waals surface area contributed by atoms with Crippen molar-refractivity contribution in [3.05, 3.63) is 42.4 Å². The number of methoxy groups -OCH3 is 1. The normalized spacial score (nSPS) is 14.4. The Balaban J connectivity index is 1.61. The lowest BCUT2D eigenvalue weighted by Gasteiger charge is -2.35. The number of ether oxygens (including phenoxy) is 1. The molecule has 0 atom stereocenters. The lowest BCUT2D eigenvalue weighted by molar-refractivity contribution is 0.208. The van der Waals surface area contributed by atoms with Gasteiger partial charge in [0.25, 0.3) is 0 Å². The van der Waals surface area contributed by atoms with Crippen LogP contribution >= 0.6 is 0 Å². The summed E-state index contributed by atoms with van der Waals surface area (Å²) in [6, 6.07) is 5.61. The van der Waals surface area contributed by atoms with Gasteiger partial charge >= 0.3 is 6.03 Å². The molecule has 2 heterocycles. The smallest absolute Gasteiger partial charge is 0.322 e. The van der Waals surface area contributed by atoms with E-state index in [1.807, 2.05) is 25.1 Å². The Hall–Kier alpha value is -2.83. The van der Waals surface area contributed by atoms with E-state index in [0.29, 0.717) is 24.5 Å². The quantitative estimate of drug-likeness (QED) is 0.935. The van der Waals surface area contributed by atoms with Crippen molar-refractivity contribution >= 4 is 17.5 Å². The molecule has 0 unspecified atom stereocenters.